The summed E-state index contributed by atoms with van der Waals surface area (Å²) < 4.78 is 4.98. The highest BCUT2D eigenvalue weighted by atomic mass is 32.1. The molecule has 2 amide bonds. The molecule has 0 aromatic carbocycles. The van der Waals surface area contributed by atoms with Crippen LogP contribution in [-0.4, -0.2) is 11.0 Å². The quantitative estimate of drug-likeness (QED) is 0.843. The molecule has 0 saturated heterocycles. The van der Waals surface area contributed by atoms with E-state index in [9.17, 15) is 4.79 Å². The van der Waals surface area contributed by atoms with Crippen molar-refractivity contribution in [3.8, 4) is 0 Å². The molecule has 2 N–H and O–H groups in total. The SMILES string of the molecule is Cc1nc(NC(=O)Nc2ccco2)sc1C. The number of anilines is 2. The Morgan fingerprint density at radius 2 is 2.25 bits per heavy atom. The molecule has 84 valence electrons. The molecule has 2 heterocycles. The Bertz CT molecular complexity index is 471. The number of hydrogen-bond acceptors (Lipinski definition) is 4. The van der Waals surface area contributed by atoms with Crippen molar-refractivity contribution in [3.05, 3.63) is 29.0 Å². The molecular formula is C10H11N3O2S. The van der Waals surface area contributed by atoms with Crippen LogP contribution >= 0.6 is 11.3 Å². The Balaban J connectivity index is 1.97. The molecule has 2 aromatic rings. The summed E-state index contributed by atoms with van der Waals surface area (Å²) in [6.45, 7) is 3.87. The Labute approximate surface area is 96.5 Å². The molecule has 5 nitrogen and oxygen atoms in total. The smallest absolute Gasteiger partial charge is 0.327 e. The number of hydrogen-bond donors (Lipinski definition) is 2. The number of urea groups is 1. The molecule has 16 heavy (non-hydrogen) atoms. The van der Waals surface area contributed by atoms with Crippen LogP contribution in [-0.2, 0) is 0 Å². The summed E-state index contributed by atoms with van der Waals surface area (Å²) in [6, 6.07) is 3.01. The van der Waals surface area contributed by atoms with E-state index in [-0.39, 0.29) is 6.03 Å². The minimum Gasteiger partial charge on any atom is -0.449 e. The zero-order chi connectivity index (χ0) is 11.5. The maximum absolute atomic E-state index is 11.5. The van der Waals surface area contributed by atoms with Gasteiger partial charge in [-0.15, -0.1) is 11.3 Å². The standard InChI is InChI=1S/C10H11N3O2S/c1-6-7(2)16-10(11-6)13-9(14)12-8-4-3-5-15-8/h3-5H,1-2H3,(H2,11,12,13,14). The van der Waals surface area contributed by atoms with Crippen LogP contribution in [0.1, 0.15) is 10.6 Å². The van der Waals surface area contributed by atoms with Gasteiger partial charge < -0.3 is 4.42 Å². The summed E-state index contributed by atoms with van der Waals surface area (Å²) in [5.41, 5.74) is 0.929. The number of aromatic nitrogens is 1. The lowest BCUT2D eigenvalue weighted by atomic mass is 10.4. The van der Waals surface area contributed by atoms with Gasteiger partial charge in [-0.25, -0.2) is 9.78 Å². The molecule has 6 heteroatoms. The number of rotatable bonds is 2. The number of nitrogens with one attached hydrogen (secondary N) is 2. The fourth-order valence-corrected chi connectivity index (χ4v) is 1.93. The van der Waals surface area contributed by atoms with Crippen LogP contribution in [0.15, 0.2) is 22.8 Å². The van der Waals surface area contributed by atoms with Gasteiger partial charge in [-0.1, -0.05) is 0 Å². The predicted molar refractivity (Wildman–Crippen MR) is 62.9 cm³/mol. The second-order valence-corrected chi connectivity index (χ2v) is 4.42. The number of thiazole rings is 1. The van der Waals surface area contributed by atoms with Gasteiger partial charge in [0.15, 0.2) is 5.13 Å². The van der Waals surface area contributed by atoms with Gasteiger partial charge in [-0.2, -0.15) is 0 Å². The molecule has 2 aromatic heterocycles. The summed E-state index contributed by atoms with van der Waals surface area (Å²) in [7, 11) is 0. The van der Waals surface area contributed by atoms with Crippen molar-refractivity contribution in [2.75, 3.05) is 10.6 Å². The Morgan fingerprint density at radius 3 is 2.81 bits per heavy atom. The molecule has 0 unspecified atom stereocenters. The van der Waals surface area contributed by atoms with Gasteiger partial charge in [0.05, 0.1) is 12.0 Å². The third-order valence-electron chi connectivity index (χ3n) is 2.01. The van der Waals surface area contributed by atoms with Gasteiger partial charge >= 0.3 is 6.03 Å². The summed E-state index contributed by atoms with van der Waals surface area (Å²) in [5, 5.41) is 5.77. The van der Waals surface area contributed by atoms with E-state index >= 15 is 0 Å². The molecule has 2 rings (SSSR count). The lowest BCUT2D eigenvalue weighted by Gasteiger charge is -2.01. The maximum Gasteiger partial charge on any atom is 0.327 e. The topological polar surface area (TPSA) is 67.2 Å². The van der Waals surface area contributed by atoms with Crippen molar-refractivity contribution in [2.45, 2.75) is 13.8 Å². The van der Waals surface area contributed by atoms with Crippen LogP contribution in [0, 0.1) is 13.8 Å². The van der Waals surface area contributed by atoms with Gasteiger partial charge in [0.1, 0.15) is 0 Å². The van der Waals surface area contributed by atoms with Crippen molar-refractivity contribution in [1.29, 1.82) is 0 Å². The van der Waals surface area contributed by atoms with E-state index in [4.69, 9.17) is 4.42 Å². The van der Waals surface area contributed by atoms with Crippen molar-refractivity contribution in [2.24, 2.45) is 0 Å². The van der Waals surface area contributed by atoms with E-state index in [1.54, 1.807) is 12.1 Å². The number of aryl methyl sites for hydroxylation is 2. The molecule has 0 atom stereocenters. The Kier molecular flexibility index (Phi) is 2.91. The van der Waals surface area contributed by atoms with E-state index < -0.39 is 0 Å². The molecule has 0 aliphatic rings. The first-order valence-corrected chi connectivity index (χ1v) is 5.52. The monoisotopic (exact) mass is 237 g/mol. The highest BCUT2D eigenvalue weighted by Crippen LogP contribution is 2.21. The first kappa shape index (κ1) is 10.7. The summed E-state index contributed by atoms with van der Waals surface area (Å²) in [5.74, 6) is 0.405. The summed E-state index contributed by atoms with van der Waals surface area (Å²) in [4.78, 5) is 16.8. The lowest BCUT2D eigenvalue weighted by molar-refractivity contribution is 0.261. The van der Waals surface area contributed by atoms with Gasteiger partial charge in [0.25, 0.3) is 0 Å². The van der Waals surface area contributed by atoms with Crippen molar-refractivity contribution in [3.63, 3.8) is 0 Å². The van der Waals surface area contributed by atoms with E-state index in [1.807, 2.05) is 13.8 Å². The fraction of sp³-hybridized carbons (Fsp3) is 0.200. The minimum absolute atomic E-state index is 0.358. The largest absolute Gasteiger partial charge is 0.449 e. The van der Waals surface area contributed by atoms with Gasteiger partial charge in [-0.3, -0.25) is 10.6 Å². The van der Waals surface area contributed by atoms with Crippen LogP contribution < -0.4 is 10.6 Å². The Morgan fingerprint density at radius 1 is 1.44 bits per heavy atom. The maximum atomic E-state index is 11.5. The number of amides is 2. The summed E-state index contributed by atoms with van der Waals surface area (Å²) in [6.07, 6.45) is 1.49. The average Bonchev–Trinajstić information content (AvgIpc) is 2.78. The fourth-order valence-electron chi connectivity index (χ4n) is 1.12. The van der Waals surface area contributed by atoms with E-state index in [0.717, 1.165) is 10.6 Å². The third kappa shape index (κ3) is 2.40. The van der Waals surface area contributed by atoms with Crippen LogP contribution in [0.25, 0.3) is 0 Å². The van der Waals surface area contributed by atoms with Gasteiger partial charge in [-0.05, 0) is 19.9 Å². The number of carbonyl (C=O) groups excluding carboxylic acids is 1. The third-order valence-corrected chi connectivity index (χ3v) is 3.00. The van der Waals surface area contributed by atoms with E-state index in [2.05, 4.69) is 15.6 Å². The first-order chi connectivity index (χ1) is 7.65. The lowest BCUT2D eigenvalue weighted by Crippen LogP contribution is -2.18. The average molecular weight is 237 g/mol. The Hall–Kier alpha value is -1.82. The van der Waals surface area contributed by atoms with Gasteiger partial charge in [0, 0.05) is 10.9 Å². The zero-order valence-corrected chi connectivity index (χ0v) is 9.72. The minimum atomic E-state index is -0.358. The molecule has 0 aliphatic heterocycles. The van der Waals surface area contributed by atoms with Crippen LogP contribution in [0.2, 0.25) is 0 Å². The second-order valence-electron chi connectivity index (χ2n) is 3.22. The molecule has 0 aliphatic carbocycles. The second kappa shape index (κ2) is 4.36. The van der Waals surface area contributed by atoms with E-state index in [0.29, 0.717) is 11.0 Å². The molecule has 0 saturated carbocycles. The predicted octanol–water partition coefficient (Wildman–Crippen LogP) is 3.00. The van der Waals surface area contributed by atoms with Crippen LogP contribution in [0.3, 0.4) is 0 Å². The number of carbonyl (C=O) groups is 1. The zero-order valence-electron chi connectivity index (χ0n) is 8.90. The molecule has 0 radical (unpaired) electrons. The molecule has 0 bridgehead atoms. The normalized spacial score (nSPS) is 10.1. The highest BCUT2D eigenvalue weighted by Gasteiger charge is 2.08. The molecule has 0 spiro atoms. The number of nitrogens with zero attached hydrogens (tertiary/aromatic N) is 1. The van der Waals surface area contributed by atoms with Crippen molar-refractivity contribution >= 4 is 28.4 Å². The van der Waals surface area contributed by atoms with Gasteiger partial charge in [0.2, 0.25) is 5.88 Å². The molecular weight excluding hydrogens is 226 g/mol. The van der Waals surface area contributed by atoms with E-state index in [1.165, 1.54) is 17.6 Å². The van der Waals surface area contributed by atoms with Crippen molar-refractivity contribution in [1.82, 2.24) is 4.98 Å². The van der Waals surface area contributed by atoms with Crippen LogP contribution in [0.4, 0.5) is 15.8 Å². The van der Waals surface area contributed by atoms with Crippen LogP contribution in [0.5, 0.6) is 0 Å². The number of furan rings is 1. The summed E-state index contributed by atoms with van der Waals surface area (Å²) >= 11 is 1.44. The first-order valence-electron chi connectivity index (χ1n) is 4.70. The van der Waals surface area contributed by atoms with Crippen molar-refractivity contribution < 1.29 is 9.21 Å². The highest BCUT2D eigenvalue weighted by molar-refractivity contribution is 7.15. The molecule has 0 fully saturated rings.